The molecule has 1 aliphatic rings. The summed E-state index contributed by atoms with van der Waals surface area (Å²) in [4.78, 5) is 8.40. The molecule has 0 fully saturated rings. The molecule has 2 heterocycles. The highest BCUT2D eigenvalue weighted by atomic mass is 19.1. The summed E-state index contributed by atoms with van der Waals surface area (Å²) < 4.78 is 38.3. The number of nitrogens with zero attached hydrogens (tertiary/aromatic N) is 2. The molecule has 6 heteroatoms. The van der Waals surface area contributed by atoms with Crippen molar-refractivity contribution in [3.05, 3.63) is 77.7 Å². The zero-order valence-electron chi connectivity index (χ0n) is 12.4. The predicted molar refractivity (Wildman–Crippen MR) is 83.5 cm³/mol. The van der Waals surface area contributed by atoms with Crippen molar-refractivity contribution in [1.82, 2.24) is 4.98 Å². The van der Waals surface area contributed by atoms with Gasteiger partial charge in [-0.05, 0) is 29.8 Å². The van der Waals surface area contributed by atoms with Crippen LogP contribution in [0.15, 0.2) is 64.3 Å². The number of benzene rings is 2. The third-order valence-electron chi connectivity index (χ3n) is 3.80. The van der Waals surface area contributed by atoms with Gasteiger partial charge in [0.2, 0.25) is 11.8 Å². The highest BCUT2D eigenvalue weighted by molar-refractivity contribution is 5.95. The standard InChI is InChI=1S/C18H12F2N2O2/c19-13-2-1-3-14(20)16(13)18-22-15(10-24-18)11-4-6-12(7-5-11)17-21-8-9-23-17/h1-9,15H,10H2. The van der Waals surface area contributed by atoms with E-state index >= 15 is 0 Å². The summed E-state index contributed by atoms with van der Waals surface area (Å²) in [6, 6.07) is 10.8. The molecule has 1 aromatic heterocycles. The van der Waals surface area contributed by atoms with E-state index in [9.17, 15) is 8.78 Å². The zero-order valence-corrected chi connectivity index (χ0v) is 12.4. The highest BCUT2D eigenvalue weighted by Crippen LogP contribution is 2.28. The minimum atomic E-state index is -0.686. The van der Waals surface area contributed by atoms with E-state index in [1.54, 1.807) is 6.20 Å². The molecule has 0 amide bonds. The van der Waals surface area contributed by atoms with Gasteiger partial charge in [-0.1, -0.05) is 18.2 Å². The fraction of sp³-hybridized carbons (Fsp3) is 0.111. The van der Waals surface area contributed by atoms with Crippen LogP contribution >= 0.6 is 0 Å². The van der Waals surface area contributed by atoms with E-state index in [1.807, 2.05) is 24.3 Å². The summed E-state index contributed by atoms with van der Waals surface area (Å²) in [6.07, 6.45) is 3.08. The van der Waals surface area contributed by atoms with Crippen LogP contribution in [0.2, 0.25) is 0 Å². The van der Waals surface area contributed by atoms with Crippen molar-refractivity contribution in [2.24, 2.45) is 4.99 Å². The van der Waals surface area contributed by atoms with Gasteiger partial charge in [-0.15, -0.1) is 0 Å². The topological polar surface area (TPSA) is 47.6 Å². The second kappa shape index (κ2) is 5.88. The number of halogens is 2. The number of aliphatic imine (C=N–C) groups is 1. The molecule has 1 atom stereocenters. The first-order chi connectivity index (χ1) is 11.7. The van der Waals surface area contributed by atoms with Crippen molar-refractivity contribution in [2.45, 2.75) is 6.04 Å². The van der Waals surface area contributed by atoms with Gasteiger partial charge in [0.05, 0.1) is 6.20 Å². The second-order valence-electron chi connectivity index (χ2n) is 5.32. The minimum absolute atomic E-state index is 0.00706. The first kappa shape index (κ1) is 14.6. The number of hydrogen-bond donors (Lipinski definition) is 0. The molecular weight excluding hydrogens is 314 g/mol. The van der Waals surface area contributed by atoms with Gasteiger partial charge in [0.25, 0.3) is 0 Å². The molecule has 0 spiro atoms. The number of oxazole rings is 1. The fourth-order valence-corrected chi connectivity index (χ4v) is 2.60. The molecule has 24 heavy (non-hydrogen) atoms. The lowest BCUT2D eigenvalue weighted by Gasteiger charge is -2.05. The monoisotopic (exact) mass is 326 g/mol. The maximum atomic E-state index is 13.8. The van der Waals surface area contributed by atoms with Crippen LogP contribution in [0.1, 0.15) is 17.2 Å². The second-order valence-corrected chi connectivity index (χ2v) is 5.32. The summed E-state index contributed by atoms with van der Waals surface area (Å²) in [5.41, 5.74) is 1.50. The Morgan fingerprint density at radius 2 is 1.75 bits per heavy atom. The van der Waals surface area contributed by atoms with E-state index in [-0.39, 0.29) is 24.1 Å². The lowest BCUT2D eigenvalue weighted by Crippen LogP contribution is -2.07. The number of ether oxygens (including phenoxy) is 1. The van der Waals surface area contributed by atoms with Crippen LogP contribution in [0, 0.1) is 11.6 Å². The predicted octanol–water partition coefficient (Wildman–Crippen LogP) is 4.14. The van der Waals surface area contributed by atoms with Gasteiger partial charge in [0.15, 0.2) is 0 Å². The van der Waals surface area contributed by atoms with E-state index in [1.165, 1.54) is 24.5 Å². The zero-order chi connectivity index (χ0) is 16.5. The molecule has 4 rings (SSSR count). The molecule has 0 radical (unpaired) electrons. The Balaban J connectivity index is 1.61. The summed E-state index contributed by atoms with van der Waals surface area (Å²) in [5.74, 6) is -0.850. The molecule has 0 saturated heterocycles. The Labute approximate surface area is 136 Å². The van der Waals surface area contributed by atoms with Crippen LogP contribution in [0.4, 0.5) is 8.78 Å². The normalized spacial score (nSPS) is 16.8. The summed E-state index contributed by atoms with van der Waals surface area (Å²) in [7, 11) is 0. The summed E-state index contributed by atoms with van der Waals surface area (Å²) in [5, 5.41) is 0. The molecular formula is C18H12F2N2O2. The van der Waals surface area contributed by atoms with Crippen molar-refractivity contribution in [1.29, 1.82) is 0 Å². The molecule has 0 saturated carbocycles. The van der Waals surface area contributed by atoms with E-state index in [4.69, 9.17) is 9.15 Å². The van der Waals surface area contributed by atoms with Crippen LogP contribution in [0.25, 0.3) is 11.5 Å². The minimum Gasteiger partial charge on any atom is -0.475 e. The van der Waals surface area contributed by atoms with Gasteiger partial charge >= 0.3 is 0 Å². The van der Waals surface area contributed by atoms with Crippen molar-refractivity contribution < 1.29 is 17.9 Å². The van der Waals surface area contributed by atoms with E-state index in [0.717, 1.165) is 11.1 Å². The van der Waals surface area contributed by atoms with Crippen molar-refractivity contribution >= 4 is 5.90 Å². The SMILES string of the molecule is Fc1cccc(F)c1C1=NC(c2ccc(-c3ncco3)cc2)CO1. The molecule has 2 aromatic carbocycles. The third-order valence-corrected chi connectivity index (χ3v) is 3.80. The van der Waals surface area contributed by atoms with Gasteiger partial charge in [0, 0.05) is 5.56 Å². The molecule has 1 aliphatic heterocycles. The van der Waals surface area contributed by atoms with Crippen LogP contribution in [-0.2, 0) is 4.74 Å². The van der Waals surface area contributed by atoms with Crippen molar-refractivity contribution in [2.75, 3.05) is 6.61 Å². The van der Waals surface area contributed by atoms with E-state index in [0.29, 0.717) is 5.89 Å². The van der Waals surface area contributed by atoms with Gasteiger partial charge in [-0.2, -0.15) is 0 Å². The van der Waals surface area contributed by atoms with Crippen molar-refractivity contribution in [3.63, 3.8) is 0 Å². The quantitative estimate of drug-likeness (QED) is 0.727. The fourth-order valence-electron chi connectivity index (χ4n) is 2.60. The Kier molecular flexibility index (Phi) is 3.57. The molecule has 4 nitrogen and oxygen atoms in total. The summed E-state index contributed by atoms with van der Waals surface area (Å²) >= 11 is 0. The Morgan fingerprint density at radius 3 is 2.42 bits per heavy atom. The average molecular weight is 326 g/mol. The van der Waals surface area contributed by atoms with E-state index < -0.39 is 11.6 Å². The summed E-state index contributed by atoms with van der Waals surface area (Å²) in [6.45, 7) is 0.238. The molecule has 0 bridgehead atoms. The maximum absolute atomic E-state index is 13.8. The van der Waals surface area contributed by atoms with Crippen LogP contribution < -0.4 is 0 Å². The van der Waals surface area contributed by atoms with Gasteiger partial charge in [-0.25, -0.2) is 18.8 Å². The lowest BCUT2D eigenvalue weighted by molar-refractivity contribution is 0.317. The smallest absolute Gasteiger partial charge is 0.225 e. The lowest BCUT2D eigenvalue weighted by atomic mass is 10.1. The van der Waals surface area contributed by atoms with Gasteiger partial charge < -0.3 is 9.15 Å². The first-order valence-electron chi connectivity index (χ1n) is 7.37. The number of hydrogen-bond acceptors (Lipinski definition) is 4. The van der Waals surface area contributed by atoms with Crippen LogP contribution in [0.3, 0.4) is 0 Å². The highest BCUT2D eigenvalue weighted by Gasteiger charge is 2.26. The van der Waals surface area contributed by atoms with E-state index in [2.05, 4.69) is 9.98 Å². The van der Waals surface area contributed by atoms with Gasteiger partial charge in [0.1, 0.15) is 36.1 Å². The first-order valence-corrected chi connectivity index (χ1v) is 7.37. The number of rotatable bonds is 3. The largest absolute Gasteiger partial charge is 0.475 e. The maximum Gasteiger partial charge on any atom is 0.225 e. The molecule has 0 N–H and O–H groups in total. The Bertz CT molecular complexity index is 870. The number of aromatic nitrogens is 1. The molecule has 1 unspecified atom stereocenters. The average Bonchev–Trinajstić information content (AvgIpc) is 3.27. The molecule has 3 aromatic rings. The van der Waals surface area contributed by atoms with Gasteiger partial charge in [-0.3, -0.25) is 0 Å². The third kappa shape index (κ3) is 2.56. The van der Waals surface area contributed by atoms with Crippen molar-refractivity contribution in [3.8, 4) is 11.5 Å². The Hall–Kier alpha value is -3.02. The Morgan fingerprint density at radius 1 is 1.00 bits per heavy atom. The molecule has 120 valence electrons. The van der Waals surface area contributed by atoms with Crippen LogP contribution in [0.5, 0.6) is 0 Å². The van der Waals surface area contributed by atoms with Crippen LogP contribution in [-0.4, -0.2) is 17.5 Å². The molecule has 0 aliphatic carbocycles.